The smallest absolute Gasteiger partial charge is 0.426 e. The predicted molar refractivity (Wildman–Crippen MR) is 59.6 cm³/mol. The minimum absolute atomic E-state index is 0.117. The van der Waals surface area contributed by atoms with Gasteiger partial charge in [0.15, 0.2) is 0 Å². The number of rotatable bonds is 3. The monoisotopic (exact) mass is 208 g/mol. The lowest BCUT2D eigenvalue weighted by Gasteiger charge is -2.20. The molecule has 4 heteroatoms. The van der Waals surface area contributed by atoms with E-state index >= 15 is 0 Å². The first-order chi connectivity index (χ1) is 7.09. The molecule has 0 aliphatic rings. The van der Waals surface area contributed by atoms with Gasteiger partial charge < -0.3 is 4.74 Å². The van der Waals surface area contributed by atoms with Crippen molar-refractivity contribution in [1.82, 2.24) is 5.43 Å². The number of carbonyl (C=O) groups excluding carboxylic acids is 1. The Kier molecular flexibility index (Phi) is 3.97. The molecule has 0 spiro atoms. The van der Waals surface area contributed by atoms with E-state index in [0.717, 1.165) is 5.69 Å². The highest BCUT2D eigenvalue weighted by Crippen LogP contribution is 2.08. The first kappa shape index (κ1) is 11.4. The average Bonchev–Trinajstić information content (AvgIpc) is 2.17. The molecule has 0 heterocycles. The van der Waals surface area contributed by atoms with Crippen LogP contribution in [0.2, 0.25) is 0 Å². The van der Waals surface area contributed by atoms with Gasteiger partial charge in [0.1, 0.15) is 0 Å². The first-order valence-corrected chi connectivity index (χ1v) is 4.85. The normalized spacial score (nSPS) is 9.87. The fourth-order valence-corrected chi connectivity index (χ4v) is 1.09. The molecule has 1 amide bonds. The Morgan fingerprint density at radius 1 is 1.33 bits per heavy atom. The van der Waals surface area contributed by atoms with Crippen molar-refractivity contribution < 1.29 is 9.53 Å². The molecule has 0 aliphatic carbocycles. The summed E-state index contributed by atoms with van der Waals surface area (Å²) in [5, 5.41) is 1.62. The summed E-state index contributed by atoms with van der Waals surface area (Å²) >= 11 is 0. The molecule has 15 heavy (non-hydrogen) atoms. The van der Waals surface area contributed by atoms with Gasteiger partial charge in [-0.1, -0.05) is 18.2 Å². The highest BCUT2D eigenvalue weighted by Gasteiger charge is 2.07. The molecule has 0 saturated carbocycles. The number of nitrogens with one attached hydrogen (secondary N) is 1. The fraction of sp³-hybridized carbons (Fsp3) is 0.364. The van der Waals surface area contributed by atoms with Gasteiger partial charge in [-0.25, -0.2) is 10.2 Å². The van der Waals surface area contributed by atoms with Crippen molar-refractivity contribution in [2.24, 2.45) is 0 Å². The van der Waals surface area contributed by atoms with E-state index in [1.165, 1.54) is 0 Å². The van der Waals surface area contributed by atoms with Crippen LogP contribution in [0.4, 0.5) is 10.5 Å². The van der Waals surface area contributed by atoms with E-state index in [1.807, 2.05) is 44.2 Å². The number of carbonyl (C=O) groups is 1. The van der Waals surface area contributed by atoms with E-state index in [-0.39, 0.29) is 6.10 Å². The summed E-state index contributed by atoms with van der Waals surface area (Å²) in [5.41, 5.74) is 3.50. The number of benzene rings is 1. The number of hydrogen-bond donors (Lipinski definition) is 1. The third kappa shape index (κ3) is 3.89. The van der Waals surface area contributed by atoms with Crippen LogP contribution in [0, 0.1) is 0 Å². The lowest BCUT2D eigenvalue weighted by molar-refractivity contribution is 0.115. The van der Waals surface area contributed by atoms with Crippen LogP contribution in [-0.4, -0.2) is 19.2 Å². The molecule has 1 aromatic rings. The topological polar surface area (TPSA) is 41.6 Å². The molecular weight excluding hydrogens is 192 g/mol. The van der Waals surface area contributed by atoms with Crippen molar-refractivity contribution in [3.8, 4) is 0 Å². The van der Waals surface area contributed by atoms with E-state index in [9.17, 15) is 4.79 Å². The van der Waals surface area contributed by atoms with Gasteiger partial charge in [0.05, 0.1) is 11.8 Å². The Balaban J connectivity index is 2.49. The second kappa shape index (κ2) is 5.24. The summed E-state index contributed by atoms with van der Waals surface area (Å²) in [6, 6.07) is 9.53. The van der Waals surface area contributed by atoms with Crippen LogP contribution in [0.3, 0.4) is 0 Å². The third-order valence-electron chi connectivity index (χ3n) is 1.75. The van der Waals surface area contributed by atoms with Crippen molar-refractivity contribution in [2.45, 2.75) is 20.0 Å². The lowest BCUT2D eigenvalue weighted by atomic mass is 10.3. The van der Waals surface area contributed by atoms with Crippen LogP contribution in [0.5, 0.6) is 0 Å². The van der Waals surface area contributed by atoms with Gasteiger partial charge >= 0.3 is 6.09 Å². The van der Waals surface area contributed by atoms with Crippen LogP contribution in [0.15, 0.2) is 30.3 Å². The Bertz CT molecular complexity index is 312. The summed E-state index contributed by atoms with van der Waals surface area (Å²) in [4.78, 5) is 11.3. The summed E-state index contributed by atoms with van der Waals surface area (Å²) in [6.07, 6.45) is -0.564. The van der Waals surface area contributed by atoms with Gasteiger partial charge in [0, 0.05) is 7.05 Å². The summed E-state index contributed by atoms with van der Waals surface area (Å²) in [5.74, 6) is 0. The number of ether oxygens (including phenoxy) is 1. The van der Waals surface area contributed by atoms with Crippen molar-refractivity contribution in [2.75, 3.05) is 12.1 Å². The molecule has 0 saturated heterocycles. The molecule has 0 fully saturated rings. The average molecular weight is 208 g/mol. The van der Waals surface area contributed by atoms with Crippen molar-refractivity contribution in [3.05, 3.63) is 30.3 Å². The molecule has 0 aromatic heterocycles. The van der Waals surface area contributed by atoms with Crippen molar-refractivity contribution >= 4 is 11.8 Å². The molecule has 1 aromatic carbocycles. The third-order valence-corrected chi connectivity index (χ3v) is 1.75. The minimum atomic E-state index is -0.448. The Hall–Kier alpha value is -1.71. The van der Waals surface area contributed by atoms with E-state index in [0.29, 0.717) is 0 Å². The molecule has 82 valence electrons. The quantitative estimate of drug-likeness (QED) is 0.774. The predicted octanol–water partition coefficient (Wildman–Crippen LogP) is 2.17. The van der Waals surface area contributed by atoms with Gasteiger partial charge in [0.2, 0.25) is 0 Å². The van der Waals surface area contributed by atoms with Crippen LogP contribution < -0.4 is 10.4 Å². The standard InChI is InChI=1S/C11H16N2O2/c1-9(2)15-11(14)12-13(3)10-7-5-4-6-8-10/h4-9H,1-3H3,(H,12,14). The van der Waals surface area contributed by atoms with E-state index in [1.54, 1.807) is 12.1 Å². The van der Waals surface area contributed by atoms with Crippen LogP contribution >= 0.6 is 0 Å². The number of hydrogen-bond acceptors (Lipinski definition) is 3. The van der Waals surface area contributed by atoms with Crippen molar-refractivity contribution in [3.63, 3.8) is 0 Å². The summed E-state index contributed by atoms with van der Waals surface area (Å²) < 4.78 is 4.95. The fourth-order valence-electron chi connectivity index (χ4n) is 1.09. The summed E-state index contributed by atoms with van der Waals surface area (Å²) in [6.45, 7) is 3.62. The SMILES string of the molecule is CC(C)OC(=O)NN(C)c1ccccc1. The summed E-state index contributed by atoms with van der Waals surface area (Å²) in [7, 11) is 1.76. The largest absolute Gasteiger partial charge is 0.446 e. The molecule has 1 N–H and O–H groups in total. The second-order valence-electron chi connectivity index (χ2n) is 3.46. The number of amides is 1. The Labute approximate surface area is 89.8 Å². The van der Waals surface area contributed by atoms with Gasteiger partial charge in [-0.3, -0.25) is 5.01 Å². The second-order valence-corrected chi connectivity index (χ2v) is 3.46. The molecule has 0 unspecified atom stereocenters. The lowest BCUT2D eigenvalue weighted by Crippen LogP contribution is -2.40. The van der Waals surface area contributed by atoms with Gasteiger partial charge in [-0.15, -0.1) is 0 Å². The van der Waals surface area contributed by atoms with Crippen LogP contribution in [0.25, 0.3) is 0 Å². The Morgan fingerprint density at radius 3 is 2.47 bits per heavy atom. The highest BCUT2D eigenvalue weighted by atomic mass is 16.6. The first-order valence-electron chi connectivity index (χ1n) is 4.85. The molecule has 0 bridgehead atoms. The maximum absolute atomic E-state index is 11.3. The number of anilines is 1. The highest BCUT2D eigenvalue weighted by molar-refractivity contribution is 5.70. The molecule has 0 atom stereocenters. The zero-order chi connectivity index (χ0) is 11.3. The van der Waals surface area contributed by atoms with Crippen molar-refractivity contribution in [1.29, 1.82) is 0 Å². The van der Waals surface area contributed by atoms with Gasteiger partial charge in [0.25, 0.3) is 0 Å². The number of para-hydroxylation sites is 1. The van der Waals surface area contributed by atoms with Crippen LogP contribution in [0.1, 0.15) is 13.8 Å². The number of nitrogens with zero attached hydrogens (tertiary/aromatic N) is 1. The van der Waals surface area contributed by atoms with Crippen LogP contribution in [-0.2, 0) is 4.74 Å². The van der Waals surface area contributed by atoms with Gasteiger partial charge in [-0.2, -0.15) is 0 Å². The van der Waals surface area contributed by atoms with E-state index in [2.05, 4.69) is 5.43 Å². The molecule has 4 nitrogen and oxygen atoms in total. The Morgan fingerprint density at radius 2 is 1.93 bits per heavy atom. The molecule has 0 aliphatic heterocycles. The van der Waals surface area contributed by atoms with E-state index in [4.69, 9.17) is 4.74 Å². The number of hydrazine groups is 1. The van der Waals surface area contributed by atoms with E-state index < -0.39 is 6.09 Å². The zero-order valence-electron chi connectivity index (χ0n) is 9.23. The maximum Gasteiger partial charge on any atom is 0.426 e. The molecular formula is C11H16N2O2. The molecule has 0 radical (unpaired) electrons. The zero-order valence-corrected chi connectivity index (χ0v) is 9.23. The minimum Gasteiger partial charge on any atom is -0.446 e. The molecule has 1 rings (SSSR count). The maximum atomic E-state index is 11.3. The van der Waals surface area contributed by atoms with Gasteiger partial charge in [-0.05, 0) is 26.0 Å².